The van der Waals surface area contributed by atoms with Gasteiger partial charge in [-0.1, -0.05) is 6.07 Å². The number of hydrogen-bond acceptors (Lipinski definition) is 3. The standard InChI is InChI=1S/C11H11F3O4/c1-17-9-6(5-8(15)16)3-4-7(10(9)18-2)11(12,13)14/h3-4H,5H2,1-2H3,(H,15,16). The predicted octanol–water partition coefficient (Wildman–Crippen LogP) is 2.35. The number of hydrogen-bond donors (Lipinski definition) is 1. The number of rotatable bonds is 4. The number of halogens is 3. The maximum atomic E-state index is 12.7. The molecule has 0 heterocycles. The molecule has 100 valence electrons. The molecular formula is C11H11F3O4. The first kappa shape index (κ1) is 14.1. The number of benzene rings is 1. The Kier molecular flexibility index (Phi) is 4.05. The fraction of sp³-hybridized carbons (Fsp3) is 0.364. The van der Waals surface area contributed by atoms with Gasteiger partial charge in [0.1, 0.15) is 5.56 Å². The maximum Gasteiger partial charge on any atom is 0.420 e. The monoisotopic (exact) mass is 264 g/mol. The van der Waals surface area contributed by atoms with Crippen LogP contribution in [0.4, 0.5) is 13.2 Å². The molecule has 7 heteroatoms. The van der Waals surface area contributed by atoms with Gasteiger partial charge in [0.25, 0.3) is 0 Å². The summed E-state index contributed by atoms with van der Waals surface area (Å²) in [6.45, 7) is 0. The summed E-state index contributed by atoms with van der Waals surface area (Å²) >= 11 is 0. The van der Waals surface area contributed by atoms with Gasteiger partial charge in [0.15, 0.2) is 11.5 Å². The number of ether oxygens (including phenoxy) is 2. The summed E-state index contributed by atoms with van der Waals surface area (Å²) < 4.78 is 47.6. The highest BCUT2D eigenvalue weighted by Crippen LogP contribution is 2.43. The van der Waals surface area contributed by atoms with Gasteiger partial charge < -0.3 is 14.6 Å². The highest BCUT2D eigenvalue weighted by atomic mass is 19.4. The summed E-state index contributed by atoms with van der Waals surface area (Å²) in [5.41, 5.74) is -0.883. The molecular weight excluding hydrogens is 253 g/mol. The summed E-state index contributed by atoms with van der Waals surface area (Å²) in [6, 6.07) is 1.85. The zero-order valence-electron chi connectivity index (χ0n) is 9.67. The molecule has 0 unspecified atom stereocenters. The van der Waals surface area contributed by atoms with Crippen molar-refractivity contribution < 1.29 is 32.5 Å². The second kappa shape index (κ2) is 5.16. The molecule has 0 atom stereocenters. The first-order valence-electron chi connectivity index (χ1n) is 4.84. The van der Waals surface area contributed by atoms with Gasteiger partial charge in [0.2, 0.25) is 0 Å². The number of carboxylic acid groups (broad SMARTS) is 1. The molecule has 0 saturated heterocycles. The molecule has 18 heavy (non-hydrogen) atoms. The van der Waals surface area contributed by atoms with E-state index in [4.69, 9.17) is 9.84 Å². The Bertz CT molecular complexity index is 454. The van der Waals surface area contributed by atoms with Crippen LogP contribution in [0.15, 0.2) is 12.1 Å². The first-order chi connectivity index (χ1) is 8.31. The first-order valence-corrected chi connectivity index (χ1v) is 4.84. The zero-order chi connectivity index (χ0) is 13.9. The molecule has 1 aromatic rings. The highest BCUT2D eigenvalue weighted by Gasteiger charge is 2.36. The van der Waals surface area contributed by atoms with E-state index in [0.29, 0.717) is 0 Å². The van der Waals surface area contributed by atoms with Crippen molar-refractivity contribution in [3.8, 4) is 11.5 Å². The second-order valence-corrected chi connectivity index (χ2v) is 3.41. The molecule has 0 aliphatic heterocycles. The lowest BCUT2D eigenvalue weighted by molar-refractivity contribution is -0.139. The van der Waals surface area contributed by atoms with Crippen LogP contribution in [-0.2, 0) is 17.4 Å². The molecule has 4 nitrogen and oxygen atoms in total. The average Bonchev–Trinajstić information content (AvgIpc) is 2.25. The van der Waals surface area contributed by atoms with Crippen molar-refractivity contribution in [3.63, 3.8) is 0 Å². The molecule has 1 N–H and O–H groups in total. The molecule has 0 spiro atoms. The number of aliphatic carboxylic acids is 1. The zero-order valence-corrected chi connectivity index (χ0v) is 9.67. The summed E-state index contributed by atoms with van der Waals surface area (Å²) in [6.07, 6.45) is -5.04. The van der Waals surface area contributed by atoms with E-state index in [1.165, 1.54) is 0 Å². The minimum absolute atomic E-state index is 0.120. The van der Waals surface area contributed by atoms with Gasteiger partial charge in [0.05, 0.1) is 20.6 Å². The van der Waals surface area contributed by atoms with Gasteiger partial charge in [-0.15, -0.1) is 0 Å². The van der Waals surface area contributed by atoms with Gasteiger partial charge >= 0.3 is 12.1 Å². The van der Waals surface area contributed by atoms with Crippen LogP contribution >= 0.6 is 0 Å². The fourth-order valence-electron chi connectivity index (χ4n) is 1.56. The van der Waals surface area contributed by atoms with Crippen molar-refractivity contribution in [1.29, 1.82) is 0 Å². The van der Waals surface area contributed by atoms with Crippen LogP contribution in [0.25, 0.3) is 0 Å². The second-order valence-electron chi connectivity index (χ2n) is 3.41. The molecule has 0 amide bonds. The Labute approximate surface area is 101 Å². The van der Waals surface area contributed by atoms with Crippen molar-refractivity contribution in [2.75, 3.05) is 14.2 Å². The van der Waals surface area contributed by atoms with E-state index >= 15 is 0 Å². The van der Waals surface area contributed by atoms with Gasteiger partial charge in [-0.3, -0.25) is 4.79 Å². The van der Waals surface area contributed by atoms with Gasteiger partial charge in [-0.25, -0.2) is 0 Å². The molecule has 0 fully saturated rings. The fourth-order valence-corrected chi connectivity index (χ4v) is 1.56. The minimum Gasteiger partial charge on any atom is -0.493 e. The van der Waals surface area contributed by atoms with Crippen molar-refractivity contribution in [1.82, 2.24) is 0 Å². The number of alkyl halides is 3. The normalized spacial score (nSPS) is 11.2. The molecule has 0 aliphatic carbocycles. The lowest BCUT2D eigenvalue weighted by Gasteiger charge is -2.17. The summed E-state index contributed by atoms with van der Waals surface area (Å²) in [5, 5.41) is 8.66. The van der Waals surface area contributed by atoms with Crippen LogP contribution in [0, 0.1) is 0 Å². The van der Waals surface area contributed by atoms with E-state index in [0.717, 1.165) is 26.4 Å². The van der Waals surface area contributed by atoms with Crippen LogP contribution in [0.5, 0.6) is 11.5 Å². The molecule has 0 radical (unpaired) electrons. The van der Waals surface area contributed by atoms with Crippen molar-refractivity contribution >= 4 is 5.97 Å². The Morgan fingerprint density at radius 1 is 1.22 bits per heavy atom. The molecule has 0 aromatic heterocycles. The van der Waals surface area contributed by atoms with Gasteiger partial charge in [0, 0.05) is 5.56 Å². The highest BCUT2D eigenvalue weighted by molar-refractivity contribution is 5.72. The smallest absolute Gasteiger partial charge is 0.420 e. The summed E-state index contributed by atoms with van der Waals surface area (Å²) in [5.74, 6) is -1.89. The van der Waals surface area contributed by atoms with Crippen LogP contribution in [0.1, 0.15) is 11.1 Å². The quantitative estimate of drug-likeness (QED) is 0.906. The lowest BCUT2D eigenvalue weighted by atomic mass is 10.1. The van der Waals surface area contributed by atoms with Crippen molar-refractivity contribution in [3.05, 3.63) is 23.3 Å². The molecule has 0 aliphatic rings. The Morgan fingerprint density at radius 3 is 2.17 bits per heavy atom. The summed E-state index contributed by atoms with van der Waals surface area (Å²) in [7, 11) is 2.22. The van der Waals surface area contributed by atoms with E-state index in [9.17, 15) is 18.0 Å². The summed E-state index contributed by atoms with van der Waals surface area (Å²) in [4.78, 5) is 10.6. The van der Waals surface area contributed by atoms with Gasteiger partial charge in [-0.2, -0.15) is 13.2 Å². The van der Waals surface area contributed by atoms with E-state index in [1.54, 1.807) is 0 Å². The number of carboxylic acids is 1. The Hall–Kier alpha value is -1.92. The van der Waals surface area contributed by atoms with E-state index in [1.807, 2.05) is 0 Å². The van der Waals surface area contributed by atoms with Crippen molar-refractivity contribution in [2.45, 2.75) is 12.6 Å². The molecule has 1 aromatic carbocycles. The molecule has 0 bridgehead atoms. The van der Waals surface area contributed by atoms with E-state index < -0.39 is 29.9 Å². The maximum absolute atomic E-state index is 12.7. The Balaban J connectivity index is 3.41. The SMILES string of the molecule is COc1c(CC(=O)O)ccc(C(F)(F)F)c1OC. The van der Waals surface area contributed by atoms with Crippen LogP contribution in [0.3, 0.4) is 0 Å². The van der Waals surface area contributed by atoms with Crippen LogP contribution in [-0.4, -0.2) is 25.3 Å². The van der Waals surface area contributed by atoms with Gasteiger partial charge in [-0.05, 0) is 6.07 Å². The lowest BCUT2D eigenvalue weighted by Crippen LogP contribution is -2.11. The molecule has 1 rings (SSSR count). The predicted molar refractivity (Wildman–Crippen MR) is 55.9 cm³/mol. The van der Waals surface area contributed by atoms with Crippen LogP contribution in [0.2, 0.25) is 0 Å². The van der Waals surface area contributed by atoms with E-state index in [-0.39, 0.29) is 11.3 Å². The molecule has 0 saturated carbocycles. The number of carbonyl (C=O) groups is 1. The average molecular weight is 264 g/mol. The minimum atomic E-state index is -4.60. The third-order valence-electron chi connectivity index (χ3n) is 2.25. The number of methoxy groups -OCH3 is 2. The van der Waals surface area contributed by atoms with E-state index in [2.05, 4.69) is 4.74 Å². The Morgan fingerprint density at radius 2 is 1.78 bits per heavy atom. The third kappa shape index (κ3) is 2.85. The van der Waals surface area contributed by atoms with Crippen molar-refractivity contribution in [2.24, 2.45) is 0 Å². The third-order valence-corrected chi connectivity index (χ3v) is 2.25. The van der Waals surface area contributed by atoms with Crippen LogP contribution < -0.4 is 9.47 Å². The largest absolute Gasteiger partial charge is 0.493 e. The topological polar surface area (TPSA) is 55.8 Å².